The molecule has 138 valence electrons. The average Bonchev–Trinajstić information content (AvgIpc) is 2.71. The summed E-state index contributed by atoms with van der Waals surface area (Å²) in [5, 5.41) is 2.86. The molecule has 3 rings (SSSR count). The van der Waals surface area contributed by atoms with Gasteiger partial charge in [0.2, 0.25) is 0 Å². The highest BCUT2D eigenvalue weighted by Crippen LogP contribution is 2.19. The van der Waals surface area contributed by atoms with Crippen molar-refractivity contribution < 1.29 is 14.3 Å². The molecule has 1 aromatic heterocycles. The molecule has 0 aliphatic heterocycles. The van der Waals surface area contributed by atoms with E-state index in [4.69, 9.17) is 9.47 Å². The third kappa shape index (κ3) is 4.85. The topological polar surface area (TPSA) is 60.5 Å². The van der Waals surface area contributed by atoms with Gasteiger partial charge in [0.25, 0.3) is 5.91 Å². The summed E-state index contributed by atoms with van der Waals surface area (Å²) in [6.07, 6.45) is 0. The fraction of sp³-hybridized carbons (Fsp3) is 0.182. The van der Waals surface area contributed by atoms with Crippen LogP contribution < -0.4 is 14.8 Å². The van der Waals surface area contributed by atoms with Gasteiger partial charge in [-0.3, -0.25) is 9.78 Å². The van der Waals surface area contributed by atoms with Crippen LogP contribution in [0.4, 0.5) is 0 Å². The lowest BCUT2D eigenvalue weighted by molar-refractivity contribution is 0.0946. The molecule has 1 heterocycles. The summed E-state index contributed by atoms with van der Waals surface area (Å²) >= 11 is 0. The average molecular weight is 362 g/mol. The lowest BCUT2D eigenvalue weighted by Gasteiger charge is -2.10. The van der Waals surface area contributed by atoms with E-state index in [-0.39, 0.29) is 5.91 Å². The number of hydrogen-bond acceptors (Lipinski definition) is 4. The SMILES string of the molecule is COc1cccc(OCCNC(=O)c2ccc(-c3ccccc3)nc2C)c1. The van der Waals surface area contributed by atoms with E-state index in [2.05, 4.69) is 10.3 Å². The minimum atomic E-state index is -0.158. The molecule has 5 nitrogen and oxygen atoms in total. The zero-order chi connectivity index (χ0) is 19.1. The molecule has 0 atom stereocenters. The number of aromatic nitrogens is 1. The van der Waals surface area contributed by atoms with Crippen LogP contribution in [0.1, 0.15) is 16.1 Å². The summed E-state index contributed by atoms with van der Waals surface area (Å²) in [5.74, 6) is 1.28. The highest BCUT2D eigenvalue weighted by molar-refractivity contribution is 5.95. The number of carbonyl (C=O) groups is 1. The number of pyridine rings is 1. The second kappa shape index (κ2) is 8.85. The van der Waals surface area contributed by atoms with Gasteiger partial charge >= 0.3 is 0 Å². The molecule has 5 heteroatoms. The van der Waals surface area contributed by atoms with Gasteiger partial charge in [-0.15, -0.1) is 0 Å². The first-order valence-electron chi connectivity index (χ1n) is 8.75. The molecule has 0 unspecified atom stereocenters. The Kier molecular flexibility index (Phi) is 6.05. The molecule has 0 bridgehead atoms. The number of carbonyl (C=O) groups excluding carboxylic acids is 1. The largest absolute Gasteiger partial charge is 0.497 e. The van der Waals surface area contributed by atoms with E-state index in [1.807, 2.05) is 67.6 Å². The first-order chi connectivity index (χ1) is 13.2. The maximum absolute atomic E-state index is 12.4. The van der Waals surface area contributed by atoms with Crippen LogP contribution in [0.5, 0.6) is 11.5 Å². The molecule has 0 radical (unpaired) electrons. The van der Waals surface area contributed by atoms with Crippen LogP contribution in [0, 0.1) is 6.92 Å². The maximum Gasteiger partial charge on any atom is 0.253 e. The first kappa shape index (κ1) is 18.5. The molecule has 2 aromatic carbocycles. The number of nitrogens with zero attached hydrogens (tertiary/aromatic N) is 1. The summed E-state index contributed by atoms with van der Waals surface area (Å²) in [6, 6.07) is 20.9. The van der Waals surface area contributed by atoms with Gasteiger partial charge in [0, 0.05) is 11.6 Å². The smallest absolute Gasteiger partial charge is 0.253 e. The van der Waals surface area contributed by atoms with Gasteiger partial charge in [-0.1, -0.05) is 36.4 Å². The number of methoxy groups -OCH3 is 1. The molecule has 1 N–H and O–H groups in total. The number of benzene rings is 2. The molecule has 0 saturated heterocycles. The monoisotopic (exact) mass is 362 g/mol. The van der Waals surface area contributed by atoms with E-state index in [1.54, 1.807) is 13.2 Å². The predicted molar refractivity (Wildman–Crippen MR) is 105 cm³/mol. The van der Waals surface area contributed by atoms with Crippen molar-refractivity contribution in [3.8, 4) is 22.8 Å². The fourth-order valence-corrected chi connectivity index (χ4v) is 2.69. The summed E-state index contributed by atoms with van der Waals surface area (Å²) in [4.78, 5) is 17.0. The zero-order valence-electron chi connectivity index (χ0n) is 15.4. The Morgan fingerprint density at radius 3 is 2.52 bits per heavy atom. The molecular formula is C22H22N2O3. The standard InChI is InChI=1S/C22H22N2O3/c1-16-20(11-12-21(24-16)17-7-4-3-5-8-17)22(25)23-13-14-27-19-10-6-9-18(15-19)26-2/h3-12,15H,13-14H2,1-2H3,(H,23,25). The Morgan fingerprint density at radius 2 is 1.78 bits per heavy atom. The second-order valence-corrected chi connectivity index (χ2v) is 5.98. The van der Waals surface area contributed by atoms with Gasteiger partial charge in [0.15, 0.2) is 0 Å². The van der Waals surface area contributed by atoms with E-state index < -0.39 is 0 Å². The van der Waals surface area contributed by atoms with Gasteiger partial charge < -0.3 is 14.8 Å². The van der Waals surface area contributed by atoms with Crippen LogP contribution in [0.15, 0.2) is 66.7 Å². The quantitative estimate of drug-likeness (QED) is 0.648. The number of aryl methyl sites for hydroxylation is 1. The third-order valence-corrected chi connectivity index (χ3v) is 4.10. The van der Waals surface area contributed by atoms with Crippen LogP contribution in [0.25, 0.3) is 11.3 Å². The lowest BCUT2D eigenvalue weighted by Crippen LogP contribution is -2.28. The van der Waals surface area contributed by atoms with Crippen molar-refractivity contribution in [2.24, 2.45) is 0 Å². The number of hydrogen-bond donors (Lipinski definition) is 1. The number of ether oxygens (including phenoxy) is 2. The van der Waals surface area contributed by atoms with Crippen molar-refractivity contribution in [1.82, 2.24) is 10.3 Å². The lowest BCUT2D eigenvalue weighted by atomic mass is 10.1. The fourth-order valence-electron chi connectivity index (χ4n) is 2.69. The van der Waals surface area contributed by atoms with Gasteiger partial charge in [-0.25, -0.2) is 0 Å². The third-order valence-electron chi connectivity index (χ3n) is 4.10. The Hall–Kier alpha value is -3.34. The second-order valence-electron chi connectivity index (χ2n) is 5.98. The predicted octanol–water partition coefficient (Wildman–Crippen LogP) is 3.87. The van der Waals surface area contributed by atoms with Crippen molar-refractivity contribution in [1.29, 1.82) is 0 Å². The van der Waals surface area contributed by atoms with Crippen molar-refractivity contribution in [3.05, 3.63) is 78.0 Å². The minimum absolute atomic E-state index is 0.158. The highest BCUT2D eigenvalue weighted by Gasteiger charge is 2.11. The van der Waals surface area contributed by atoms with Crippen molar-refractivity contribution in [2.45, 2.75) is 6.92 Å². The van der Waals surface area contributed by atoms with E-state index in [1.165, 1.54) is 0 Å². The maximum atomic E-state index is 12.4. The van der Waals surface area contributed by atoms with E-state index in [9.17, 15) is 4.79 Å². The molecule has 1 amide bonds. The van der Waals surface area contributed by atoms with Crippen LogP contribution >= 0.6 is 0 Å². The molecule has 0 aliphatic rings. The molecular weight excluding hydrogens is 340 g/mol. The van der Waals surface area contributed by atoms with Crippen LogP contribution in [0.3, 0.4) is 0 Å². The van der Waals surface area contributed by atoms with Gasteiger partial charge in [0.05, 0.1) is 30.6 Å². The summed E-state index contributed by atoms with van der Waals surface area (Å²) < 4.78 is 10.8. The summed E-state index contributed by atoms with van der Waals surface area (Å²) in [6.45, 7) is 2.61. The highest BCUT2D eigenvalue weighted by atomic mass is 16.5. The van der Waals surface area contributed by atoms with Crippen molar-refractivity contribution in [3.63, 3.8) is 0 Å². The number of rotatable bonds is 7. The zero-order valence-corrected chi connectivity index (χ0v) is 15.4. The number of nitrogens with one attached hydrogen (secondary N) is 1. The van der Waals surface area contributed by atoms with Crippen molar-refractivity contribution in [2.75, 3.05) is 20.3 Å². The van der Waals surface area contributed by atoms with E-state index in [0.717, 1.165) is 17.0 Å². The van der Waals surface area contributed by atoms with Gasteiger partial charge in [-0.2, -0.15) is 0 Å². The molecule has 0 saturated carbocycles. The van der Waals surface area contributed by atoms with Crippen LogP contribution in [-0.4, -0.2) is 31.2 Å². The van der Waals surface area contributed by atoms with Crippen molar-refractivity contribution >= 4 is 5.91 Å². The molecule has 0 fully saturated rings. The van der Waals surface area contributed by atoms with Crippen LogP contribution in [-0.2, 0) is 0 Å². The summed E-state index contributed by atoms with van der Waals surface area (Å²) in [7, 11) is 1.61. The normalized spacial score (nSPS) is 10.3. The Morgan fingerprint density at radius 1 is 1.00 bits per heavy atom. The van der Waals surface area contributed by atoms with Gasteiger partial charge in [0.1, 0.15) is 18.1 Å². The van der Waals surface area contributed by atoms with Gasteiger partial charge in [-0.05, 0) is 31.2 Å². The van der Waals surface area contributed by atoms with Crippen LogP contribution in [0.2, 0.25) is 0 Å². The van der Waals surface area contributed by atoms with E-state index >= 15 is 0 Å². The number of amides is 1. The Balaban J connectivity index is 1.55. The Labute approximate surface area is 159 Å². The molecule has 0 aliphatic carbocycles. The van der Waals surface area contributed by atoms with E-state index in [0.29, 0.717) is 30.2 Å². The Bertz CT molecular complexity index is 910. The molecule has 0 spiro atoms. The summed E-state index contributed by atoms with van der Waals surface area (Å²) in [5.41, 5.74) is 3.14. The minimum Gasteiger partial charge on any atom is -0.497 e. The molecule has 27 heavy (non-hydrogen) atoms. The molecule has 3 aromatic rings. The first-order valence-corrected chi connectivity index (χ1v) is 8.75.